The highest BCUT2D eigenvalue weighted by Gasteiger charge is 1.91. The molecule has 0 unspecified atom stereocenters. The Balaban J connectivity index is 3.11. The van der Waals surface area contributed by atoms with Crippen LogP contribution >= 0.6 is 12.2 Å². The Morgan fingerprint density at radius 3 is 3.00 bits per heavy atom. The molecule has 0 saturated carbocycles. The first-order valence-corrected chi connectivity index (χ1v) is 2.56. The number of nitrogens with one attached hydrogen (secondary N) is 1. The highest BCUT2D eigenvalue weighted by Crippen LogP contribution is 1.71. The quantitative estimate of drug-likeness (QED) is 0.552. The van der Waals surface area contributed by atoms with Gasteiger partial charge in [0.05, 0.1) is 0 Å². The van der Waals surface area contributed by atoms with Crippen molar-refractivity contribution in [3.63, 3.8) is 0 Å². The first-order valence-electron chi connectivity index (χ1n) is 2.09. The zero-order valence-electron chi connectivity index (χ0n) is 4.51. The monoisotopic (exact) mass is 133 g/mol. The second-order valence-corrected chi connectivity index (χ2v) is 1.35. The normalized spacial score (nSPS) is 7.62. The number of hydrogen-bond donors (Lipinski definition) is 1. The average Bonchev–Trinajstić information content (AvgIpc) is 1.83. The SMILES string of the molecule is CNC(=O)OCC=S. The lowest BCUT2D eigenvalue weighted by Crippen LogP contribution is -2.19. The molecule has 4 heteroatoms. The molecule has 0 saturated heterocycles. The summed E-state index contributed by atoms with van der Waals surface area (Å²) >= 11 is 4.39. The number of amides is 1. The Bertz CT molecular complexity index is 94.0. The van der Waals surface area contributed by atoms with E-state index >= 15 is 0 Å². The van der Waals surface area contributed by atoms with Gasteiger partial charge >= 0.3 is 6.09 Å². The van der Waals surface area contributed by atoms with E-state index in [1.165, 1.54) is 12.4 Å². The number of alkyl carbamates (subject to hydrolysis) is 1. The molecule has 0 rings (SSSR count). The first-order chi connectivity index (χ1) is 3.81. The number of rotatable bonds is 2. The van der Waals surface area contributed by atoms with Crippen LogP contribution in [0.5, 0.6) is 0 Å². The van der Waals surface area contributed by atoms with Crippen molar-refractivity contribution < 1.29 is 9.53 Å². The molecule has 0 fully saturated rings. The summed E-state index contributed by atoms with van der Waals surface area (Å²) in [5, 5.41) is 3.61. The van der Waals surface area contributed by atoms with Gasteiger partial charge in [0.25, 0.3) is 0 Å². The number of thiocarbonyl (C=S) groups is 1. The second-order valence-electron chi connectivity index (χ2n) is 1.02. The van der Waals surface area contributed by atoms with Gasteiger partial charge in [0.15, 0.2) is 0 Å². The van der Waals surface area contributed by atoms with Crippen LogP contribution in [0.4, 0.5) is 4.79 Å². The van der Waals surface area contributed by atoms with E-state index in [0.717, 1.165) is 0 Å². The molecule has 0 aliphatic heterocycles. The maximum Gasteiger partial charge on any atom is 0.407 e. The van der Waals surface area contributed by atoms with E-state index in [2.05, 4.69) is 22.3 Å². The minimum atomic E-state index is -0.453. The minimum Gasteiger partial charge on any atom is -0.444 e. The van der Waals surface area contributed by atoms with E-state index in [4.69, 9.17) is 0 Å². The van der Waals surface area contributed by atoms with Crippen LogP contribution in [0.3, 0.4) is 0 Å². The molecule has 0 radical (unpaired) electrons. The molecule has 0 aromatic rings. The first kappa shape index (κ1) is 7.36. The van der Waals surface area contributed by atoms with Crippen LogP contribution < -0.4 is 5.32 Å². The van der Waals surface area contributed by atoms with Gasteiger partial charge in [0.1, 0.15) is 6.61 Å². The van der Waals surface area contributed by atoms with Crippen LogP contribution in [-0.2, 0) is 4.74 Å². The largest absolute Gasteiger partial charge is 0.444 e. The molecule has 0 atom stereocenters. The lowest BCUT2D eigenvalue weighted by molar-refractivity contribution is 0.165. The van der Waals surface area contributed by atoms with E-state index in [1.807, 2.05) is 0 Å². The summed E-state index contributed by atoms with van der Waals surface area (Å²) in [6.07, 6.45) is -0.453. The molecule has 0 spiro atoms. The molecule has 46 valence electrons. The Kier molecular flexibility index (Phi) is 4.16. The van der Waals surface area contributed by atoms with E-state index in [-0.39, 0.29) is 6.61 Å². The van der Waals surface area contributed by atoms with Crippen molar-refractivity contribution in [3.05, 3.63) is 0 Å². The van der Waals surface area contributed by atoms with E-state index in [9.17, 15) is 4.79 Å². The minimum absolute atomic E-state index is 0.189. The van der Waals surface area contributed by atoms with Crippen molar-refractivity contribution in [2.24, 2.45) is 0 Å². The van der Waals surface area contributed by atoms with Crippen LogP contribution in [0.25, 0.3) is 0 Å². The van der Waals surface area contributed by atoms with Gasteiger partial charge in [-0.05, 0) is 0 Å². The number of hydrogen-bond acceptors (Lipinski definition) is 3. The average molecular weight is 133 g/mol. The van der Waals surface area contributed by atoms with E-state index in [0.29, 0.717) is 0 Å². The molecule has 8 heavy (non-hydrogen) atoms. The van der Waals surface area contributed by atoms with Gasteiger partial charge in [0.2, 0.25) is 0 Å². The predicted octanol–water partition coefficient (Wildman–Crippen LogP) is 0.342. The summed E-state index contributed by atoms with van der Waals surface area (Å²) in [5.41, 5.74) is 0. The van der Waals surface area contributed by atoms with Gasteiger partial charge in [-0.1, -0.05) is 12.2 Å². The smallest absolute Gasteiger partial charge is 0.407 e. The molecule has 1 N–H and O–H groups in total. The number of carbonyl (C=O) groups is 1. The number of carbonyl (C=O) groups excluding carboxylic acids is 1. The van der Waals surface area contributed by atoms with E-state index < -0.39 is 6.09 Å². The van der Waals surface area contributed by atoms with Crippen LogP contribution in [-0.4, -0.2) is 25.1 Å². The van der Waals surface area contributed by atoms with Gasteiger partial charge in [-0.3, -0.25) is 0 Å². The molecule has 3 nitrogen and oxygen atoms in total. The van der Waals surface area contributed by atoms with Gasteiger partial charge in [-0.15, -0.1) is 0 Å². The molecule has 0 heterocycles. The van der Waals surface area contributed by atoms with Gasteiger partial charge in [-0.25, -0.2) is 4.79 Å². The molecule has 0 aromatic heterocycles. The fraction of sp³-hybridized carbons (Fsp3) is 0.500. The van der Waals surface area contributed by atoms with Crippen molar-refractivity contribution in [3.8, 4) is 0 Å². The lowest BCUT2D eigenvalue weighted by Gasteiger charge is -1.96. The summed E-state index contributed by atoms with van der Waals surface area (Å²) in [7, 11) is 1.49. The Hall–Kier alpha value is -0.640. The third-order valence-corrected chi connectivity index (χ3v) is 0.623. The maximum atomic E-state index is 10.2. The summed E-state index contributed by atoms with van der Waals surface area (Å²) < 4.78 is 4.43. The Morgan fingerprint density at radius 2 is 2.62 bits per heavy atom. The van der Waals surface area contributed by atoms with Crippen molar-refractivity contribution in [2.45, 2.75) is 0 Å². The summed E-state index contributed by atoms with van der Waals surface area (Å²) in [5.74, 6) is 0. The molecule has 0 bridgehead atoms. The molecular weight excluding hydrogens is 126 g/mol. The van der Waals surface area contributed by atoms with E-state index in [1.54, 1.807) is 0 Å². The summed E-state index contributed by atoms with van der Waals surface area (Å²) in [6, 6.07) is 0. The highest BCUT2D eigenvalue weighted by atomic mass is 32.1. The standard InChI is InChI=1S/C4H7NO2S/c1-5-4(6)7-2-3-8/h3H,2H2,1H3,(H,5,6). The zero-order valence-corrected chi connectivity index (χ0v) is 5.33. The predicted molar refractivity (Wildman–Crippen MR) is 34.1 cm³/mol. The van der Waals surface area contributed by atoms with Crippen molar-refractivity contribution in [2.75, 3.05) is 13.7 Å². The van der Waals surface area contributed by atoms with Crippen LogP contribution in [0.15, 0.2) is 0 Å². The van der Waals surface area contributed by atoms with Gasteiger partial charge in [0, 0.05) is 12.4 Å². The lowest BCUT2D eigenvalue weighted by atomic mass is 10.9. The maximum absolute atomic E-state index is 10.2. The molecule has 1 amide bonds. The summed E-state index contributed by atoms with van der Waals surface area (Å²) in [6.45, 7) is 0.189. The Labute approximate surface area is 53.0 Å². The van der Waals surface area contributed by atoms with Gasteiger partial charge in [-0.2, -0.15) is 0 Å². The van der Waals surface area contributed by atoms with Crippen LogP contribution in [0, 0.1) is 0 Å². The topological polar surface area (TPSA) is 38.3 Å². The molecule has 0 aliphatic carbocycles. The molecule has 0 aliphatic rings. The highest BCUT2D eigenvalue weighted by molar-refractivity contribution is 7.79. The second kappa shape index (κ2) is 4.52. The van der Waals surface area contributed by atoms with Crippen LogP contribution in [0.2, 0.25) is 0 Å². The van der Waals surface area contributed by atoms with Crippen molar-refractivity contribution >= 4 is 23.7 Å². The number of ether oxygens (including phenoxy) is 1. The summed E-state index contributed by atoms with van der Waals surface area (Å²) in [4.78, 5) is 10.2. The fourth-order valence-electron chi connectivity index (χ4n) is 0.182. The molecular formula is C4H7NO2S. The van der Waals surface area contributed by atoms with Crippen molar-refractivity contribution in [1.82, 2.24) is 5.32 Å². The molecule has 0 aromatic carbocycles. The third-order valence-electron chi connectivity index (χ3n) is 0.487. The third kappa shape index (κ3) is 3.55. The van der Waals surface area contributed by atoms with Crippen molar-refractivity contribution in [1.29, 1.82) is 0 Å². The fourth-order valence-corrected chi connectivity index (χ4v) is 0.250. The zero-order chi connectivity index (χ0) is 6.41. The Morgan fingerprint density at radius 1 is 2.00 bits per heavy atom. The van der Waals surface area contributed by atoms with Crippen LogP contribution in [0.1, 0.15) is 0 Å². The van der Waals surface area contributed by atoms with Gasteiger partial charge < -0.3 is 10.1 Å².